The Morgan fingerprint density at radius 1 is 1.14 bits per heavy atom. The van der Waals surface area contributed by atoms with Crippen LogP contribution in [0, 0.1) is 0 Å². The molecule has 0 saturated carbocycles. The summed E-state index contributed by atoms with van der Waals surface area (Å²) in [6.07, 6.45) is 1.52. The maximum absolute atomic E-state index is 12.6. The van der Waals surface area contributed by atoms with Crippen LogP contribution in [0.4, 0.5) is 0 Å². The number of esters is 1. The largest absolute Gasteiger partial charge is 0.493 e. The second-order valence-electron chi connectivity index (χ2n) is 5.37. The van der Waals surface area contributed by atoms with Crippen LogP contribution in [-0.4, -0.2) is 38.1 Å². The first kappa shape index (κ1) is 21.6. The molecule has 2 aromatic rings. The summed E-state index contributed by atoms with van der Waals surface area (Å²) in [7, 11) is 3.03. The summed E-state index contributed by atoms with van der Waals surface area (Å²) in [6.45, 7) is 2.62. The quantitative estimate of drug-likeness (QED) is 0.213. The monoisotopic (exact) mass is 465 g/mol. The standard InChI is InChI=1S/C19H20BrN3O4S/c1-4-21-19(28)23-22-11-13-9-14(20)6-8-15(13)27-18(24)12-5-7-16(25-2)17(10-12)26-3/h5-11H,4H2,1-3H3,(H2,21,23,28). The number of hydrazone groups is 1. The average molecular weight is 466 g/mol. The topological polar surface area (TPSA) is 81.2 Å². The number of benzene rings is 2. The zero-order chi connectivity index (χ0) is 20.5. The number of halogens is 1. The van der Waals surface area contributed by atoms with Crippen molar-refractivity contribution in [3.8, 4) is 17.2 Å². The summed E-state index contributed by atoms with van der Waals surface area (Å²) in [6, 6.07) is 10.0. The van der Waals surface area contributed by atoms with Gasteiger partial charge in [0.15, 0.2) is 16.6 Å². The molecule has 2 aromatic carbocycles. The number of carbonyl (C=O) groups is 1. The van der Waals surface area contributed by atoms with E-state index in [1.54, 1.807) is 36.4 Å². The van der Waals surface area contributed by atoms with Crippen LogP contribution < -0.4 is 25.0 Å². The van der Waals surface area contributed by atoms with Crippen molar-refractivity contribution in [2.24, 2.45) is 5.10 Å². The van der Waals surface area contributed by atoms with E-state index >= 15 is 0 Å². The van der Waals surface area contributed by atoms with E-state index in [-0.39, 0.29) is 0 Å². The summed E-state index contributed by atoms with van der Waals surface area (Å²) >= 11 is 8.45. The lowest BCUT2D eigenvalue weighted by Crippen LogP contribution is -2.31. The van der Waals surface area contributed by atoms with Crippen LogP contribution in [0.25, 0.3) is 0 Å². The molecule has 0 bridgehead atoms. The van der Waals surface area contributed by atoms with Gasteiger partial charge < -0.3 is 19.5 Å². The third-order valence-electron chi connectivity index (χ3n) is 3.50. The Labute approximate surface area is 177 Å². The van der Waals surface area contributed by atoms with Gasteiger partial charge in [0.1, 0.15) is 5.75 Å². The SMILES string of the molecule is CCNC(=S)NN=Cc1cc(Br)ccc1OC(=O)c1ccc(OC)c(OC)c1. The molecule has 7 nitrogen and oxygen atoms in total. The first-order valence-electron chi connectivity index (χ1n) is 8.29. The van der Waals surface area contributed by atoms with Crippen molar-refractivity contribution >= 4 is 45.4 Å². The molecule has 0 aliphatic heterocycles. The van der Waals surface area contributed by atoms with Crippen LogP contribution in [-0.2, 0) is 0 Å². The molecule has 2 rings (SSSR count). The van der Waals surface area contributed by atoms with Gasteiger partial charge in [0, 0.05) is 16.6 Å². The highest BCUT2D eigenvalue weighted by molar-refractivity contribution is 9.10. The fourth-order valence-corrected chi connectivity index (χ4v) is 2.77. The molecule has 148 valence electrons. The van der Waals surface area contributed by atoms with Crippen molar-refractivity contribution in [3.05, 3.63) is 52.0 Å². The van der Waals surface area contributed by atoms with Crippen molar-refractivity contribution < 1.29 is 19.0 Å². The summed E-state index contributed by atoms with van der Waals surface area (Å²) in [4.78, 5) is 12.6. The van der Waals surface area contributed by atoms with Gasteiger partial charge in [0.2, 0.25) is 0 Å². The molecule has 0 unspecified atom stereocenters. The molecule has 0 heterocycles. The van der Waals surface area contributed by atoms with Crippen molar-refractivity contribution in [2.45, 2.75) is 6.92 Å². The molecular formula is C19H20BrN3O4S. The molecule has 0 fully saturated rings. The lowest BCUT2D eigenvalue weighted by atomic mass is 10.2. The van der Waals surface area contributed by atoms with E-state index < -0.39 is 5.97 Å². The number of carbonyl (C=O) groups excluding carboxylic acids is 1. The van der Waals surface area contributed by atoms with E-state index in [9.17, 15) is 4.79 Å². The lowest BCUT2D eigenvalue weighted by molar-refractivity contribution is 0.0734. The second kappa shape index (κ2) is 10.6. The fraction of sp³-hybridized carbons (Fsp3) is 0.211. The Bertz CT molecular complexity index is 889. The molecule has 0 saturated heterocycles. The molecular weight excluding hydrogens is 446 g/mol. The fourth-order valence-electron chi connectivity index (χ4n) is 2.20. The highest BCUT2D eigenvalue weighted by atomic mass is 79.9. The number of rotatable bonds is 7. The van der Waals surface area contributed by atoms with Crippen LogP contribution in [0.5, 0.6) is 17.2 Å². The van der Waals surface area contributed by atoms with Gasteiger partial charge in [-0.1, -0.05) is 15.9 Å². The second-order valence-corrected chi connectivity index (χ2v) is 6.69. The molecule has 0 radical (unpaired) electrons. The number of hydrogen-bond acceptors (Lipinski definition) is 6. The zero-order valence-corrected chi connectivity index (χ0v) is 18.0. The normalized spacial score (nSPS) is 10.4. The van der Waals surface area contributed by atoms with Crippen LogP contribution in [0.1, 0.15) is 22.8 Å². The van der Waals surface area contributed by atoms with E-state index in [0.717, 1.165) is 4.47 Å². The Kier molecular flexibility index (Phi) is 8.21. The Hall–Kier alpha value is -2.65. The molecule has 28 heavy (non-hydrogen) atoms. The number of ether oxygens (including phenoxy) is 3. The van der Waals surface area contributed by atoms with Gasteiger partial charge in [-0.3, -0.25) is 5.43 Å². The molecule has 2 N–H and O–H groups in total. The molecule has 0 aliphatic rings. The minimum atomic E-state index is -0.533. The van der Waals surface area contributed by atoms with Crippen LogP contribution in [0.3, 0.4) is 0 Å². The van der Waals surface area contributed by atoms with E-state index in [0.29, 0.717) is 40.0 Å². The van der Waals surface area contributed by atoms with Gasteiger partial charge in [-0.2, -0.15) is 5.10 Å². The highest BCUT2D eigenvalue weighted by Crippen LogP contribution is 2.29. The van der Waals surface area contributed by atoms with Crippen molar-refractivity contribution in [3.63, 3.8) is 0 Å². The van der Waals surface area contributed by atoms with Gasteiger partial charge in [-0.25, -0.2) is 4.79 Å². The first-order valence-corrected chi connectivity index (χ1v) is 9.49. The maximum Gasteiger partial charge on any atom is 0.343 e. The molecule has 0 aromatic heterocycles. The third-order valence-corrected chi connectivity index (χ3v) is 4.23. The van der Waals surface area contributed by atoms with Gasteiger partial charge >= 0.3 is 5.97 Å². The van der Waals surface area contributed by atoms with Crippen molar-refractivity contribution in [2.75, 3.05) is 20.8 Å². The number of nitrogens with zero attached hydrogens (tertiary/aromatic N) is 1. The molecule has 0 aliphatic carbocycles. The van der Waals surface area contributed by atoms with Crippen molar-refractivity contribution in [1.82, 2.24) is 10.7 Å². The van der Waals surface area contributed by atoms with Crippen molar-refractivity contribution in [1.29, 1.82) is 0 Å². The van der Waals surface area contributed by atoms with E-state index in [4.69, 9.17) is 26.4 Å². The molecule has 0 amide bonds. The number of hydrogen-bond donors (Lipinski definition) is 2. The van der Waals surface area contributed by atoms with E-state index in [1.165, 1.54) is 20.4 Å². The Morgan fingerprint density at radius 2 is 1.86 bits per heavy atom. The third kappa shape index (κ3) is 5.93. The summed E-state index contributed by atoms with van der Waals surface area (Å²) in [5, 5.41) is 7.39. The lowest BCUT2D eigenvalue weighted by Gasteiger charge is -2.11. The number of nitrogens with one attached hydrogen (secondary N) is 2. The molecule has 0 atom stereocenters. The van der Waals surface area contributed by atoms with Crippen LogP contribution in [0.15, 0.2) is 46.0 Å². The van der Waals surface area contributed by atoms with Gasteiger partial charge in [0.05, 0.1) is 26.0 Å². The summed E-state index contributed by atoms with van der Waals surface area (Å²) < 4.78 is 16.8. The average Bonchev–Trinajstić information content (AvgIpc) is 2.69. The summed E-state index contributed by atoms with van der Waals surface area (Å²) in [5.41, 5.74) is 3.62. The van der Waals surface area contributed by atoms with Gasteiger partial charge in [0.25, 0.3) is 0 Å². The van der Waals surface area contributed by atoms with E-state index in [1.807, 2.05) is 6.92 Å². The summed E-state index contributed by atoms with van der Waals surface area (Å²) in [5.74, 6) is 0.783. The number of thiocarbonyl (C=S) groups is 1. The zero-order valence-electron chi connectivity index (χ0n) is 15.6. The van der Waals surface area contributed by atoms with Gasteiger partial charge in [-0.05, 0) is 55.5 Å². The minimum absolute atomic E-state index is 0.329. The van der Waals surface area contributed by atoms with Gasteiger partial charge in [-0.15, -0.1) is 0 Å². The predicted molar refractivity (Wildman–Crippen MR) is 116 cm³/mol. The van der Waals surface area contributed by atoms with Crippen LogP contribution in [0.2, 0.25) is 0 Å². The Balaban J connectivity index is 2.20. The van der Waals surface area contributed by atoms with Crippen LogP contribution >= 0.6 is 28.1 Å². The smallest absolute Gasteiger partial charge is 0.343 e. The highest BCUT2D eigenvalue weighted by Gasteiger charge is 2.14. The first-order chi connectivity index (χ1) is 13.5. The minimum Gasteiger partial charge on any atom is -0.493 e. The molecule has 9 heteroatoms. The predicted octanol–water partition coefficient (Wildman–Crippen LogP) is 3.50. The Morgan fingerprint density at radius 3 is 2.54 bits per heavy atom. The van der Waals surface area contributed by atoms with E-state index in [2.05, 4.69) is 31.8 Å². The maximum atomic E-state index is 12.6. The number of methoxy groups -OCH3 is 2. The molecule has 0 spiro atoms.